The molecule has 0 fully saturated rings. The zero-order valence-electron chi connectivity index (χ0n) is 9.38. The van der Waals surface area contributed by atoms with Crippen molar-refractivity contribution >= 4 is 10.1 Å². The average Bonchev–Trinajstić information content (AvgIpc) is 2.15. The van der Waals surface area contributed by atoms with E-state index < -0.39 is 10.1 Å². The van der Waals surface area contributed by atoms with Crippen LogP contribution < -0.4 is 4.74 Å². The van der Waals surface area contributed by atoms with Gasteiger partial charge in [0, 0.05) is 0 Å². The first-order valence-corrected chi connectivity index (χ1v) is 6.59. The SMILES string of the molecule is COc1cccc(CC(C)CS(=O)(=O)O)c1. The molecule has 0 amide bonds. The maximum Gasteiger partial charge on any atom is 0.265 e. The number of benzene rings is 1. The third kappa shape index (κ3) is 4.63. The third-order valence-corrected chi connectivity index (χ3v) is 3.20. The van der Waals surface area contributed by atoms with Crippen LogP contribution in [0.15, 0.2) is 24.3 Å². The van der Waals surface area contributed by atoms with Crippen molar-refractivity contribution in [3.8, 4) is 5.75 Å². The summed E-state index contributed by atoms with van der Waals surface area (Å²) in [6.07, 6.45) is 0.594. The fourth-order valence-electron chi connectivity index (χ4n) is 1.62. The van der Waals surface area contributed by atoms with Crippen LogP contribution in [0.4, 0.5) is 0 Å². The summed E-state index contributed by atoms with van der Waals surface area (Å²) in [6, 6.07) is 7.45. The molecule has 0 radical (unpaired) electrons. The van der Waals surface area contributed by atoms with E-state index in [2.05, 4.69) is 0 Å². The molecule has 0 aliphatic carbocycles. The summed E-state index contributed by atoms with van der Waals surface area (Å²) in [5.41, 5.74) is 0.996. The maximum absolute atomic E-state index is 10.7. The molecule has 1 aromatic rings. The molecule has 0 heterocycles. The Hall–Kier alpha value is -1.07. The standard InChI is InChI=1S/C11H16O4S/c1-9(8-16(12,13)14)6-10-4-3-5-11(7-10)15-2/h3-5,7,9H,6,8H2,1-2H3,(H,12,13,14). The van der Waals surface area contributed by atoms with E-state index in [1.165, 1.54) is 0 Å². The van der Waals surface area contributed by atoms with Crippen LogP contribution in [0.2, 0.25) is 0 Å². The van der Waals surface area contributed by atoms with E-state index in [-0.39, 0.29) is 11.7 Å². The monoisotopic (exact) mass is 244 g/mol. The quantitative estimate of drug-likeness (QED) is 0.802. The van der Waals surface area contributed by atoms with Gasteiger partial charge in [-0.3, -0.25) is 4.55 Å². The van der Waals surface area contributed by atoms with E-state index in [0.717, 1.165) is 11.3 Å². The molecule has 1 N–H and O–H groups in total. The number of rotatable bonds is 5. The predicted molar refractivity (Wildman–Crippen MR) is 62.3 cm³/mol. The van der Waals surface area contributed by atoms with Crippen molar-refractivity contribution in [2.24, 2.45) is 5.92 Å². The molecule has 1 rings (SSSR count). The molecule has 0 saturated carbocycles. The summed E-state index contributed by atoms with van der Waals surface area (Å²) in [6.45, 7) is 1.78. The molecule has 5 heteroatoms. The number of methoxy groups -OCH3 is 1. The minimum atomic E-state index is -3.89. The molecule has 90 valence electrons. The lowest BCUT2D eigenvalue weighted by Crippen LogP contribution is -2.14. The summed E-state index contributed by atoms with van der Waals surface area (Å²) >= 11 is 0. The van der Waals surface area contributed by atoms with Gasteiger partial charge in [-0.1, -0.05) is 19.1 Å². The molecule has 0 bridgehead atoms. The maximum atomic E-state index is 10.7. The summed E-state index contributed by atoms with van der Waals surface area (Å²) in [7, 11) is -2.31. The van der Waals surface area contributed by atoms with Crippen LogP contribution in [-0.4, -0.2) is 25.8 Å². The highest BCUT2D eigenvalue weighted by molar-refractivity contribution is 7.85. The highest BCUT2D eigenvalue weighted by Gasteiger charge is 2.12. The van der Waals surface area contributed by atoms with Crippen LogP contribution in [0, 0.1) is 5.92 Å². The second kappa shape index (κ2) is 5.32. The van der Waals surface area contributed by atoms with Crippen molar-refractivity contribution in [1.29, 1.82) is 0 Å². The Balaban J connectivity index is 2.65. The van der Waals surface area contributed by atoms with Crippen LogP contribution >= 0.6 is 0 Å². The van der Waals surface area contributed by atoms with Gasteiger partial charge in [-0.2, -0.15) is 8.42 Å². The Kier molecular flexibility index (Phi) is 4.32. The Bertz CT molecular complexity index is 439. The van der Waals surface area contributed by atoms with Gasteiger partial charge < -0.3 is 4.74 Å². The summed E-state index contributed by atoms with van der Waals surface area (Å²) in [5.74, 6) is 0.406. The topological polar surface area (TPSA) is 63.6 Å². The normalized spacial score (nSPS) is 13.4. The first kappa shape index (κ1) is 13.0. The summed E-state index contributed by atoms with van der Waals surface area (Å²) < 4.78 is 35.2. The van der Waals surface area contributed by atoms with Gasteiger partial charge in [0.15, 0.2) is 0 Å². The molecule has 0 aliphatic heterocycles. The van der Waals surface area contributed by atoms with E-state index in [1.54, 1.807) is 14.0 Å². The molecule has 0 saturated heterocycles. The van der Waals surface area contributed by atoms with E-state index in [0.29, 0.717) is 6.42 Å². The van der Waals surface area contributed by atoms with Crippen molar-refractivity contribution < 1.29 is 17.7 Å². The molecular formula is C11H16O4S. The van der Waals surface area contributed by atoms with Crippen molar-refractivity contribution in [2.45, 2.75) is 13.3 Å². The van der Waals surface area contributed by atoms with Gasteiger partial charge in [0.2, 0.25) is 0 Å². The fraction of sp³-hybridized carbons (Fsp3) is 0.455. The van der Waals surface area contributed by atoms with Gasteiger partial charge in [0.25, 0.3) is 10.1 Å². The predicted octanol–water partition coefficient (Wildman–Crippen LogP) is 1.76. The molecule has 1 atom stereocenters. The van der Waals surface area contributed by atoms with Crippen molar-refractivity contribution in [1.82, 2.24) is 0 Å². The molecule has 1 unspecified atom stereocenters. The number of hydrogen-bond acceptors (Lipinski definition) is 3. The van der Waals surface area contributed by atoms with Gasteiger partial charge in [-0.05, 0) is 30.0 Å². The average molecular weight is 244 g/mol. The number of hydrogen-bond donors (Lipinski definition) is 1. The van der Waals surface area contributed by atoms with E-state index in [1.807, 2.05) is 24.3 Å². The minimum absolute atomic E-state index is 0.123. The van der Waals surface area contributed by atoms with E-state index in [9.17, 15) is 8.42 Å². The lowest BCUT2D eigenvalue weighted by Gasteiger charge is -2.10. The van der Waals surface area contributed by atoms with Crippen LogP contribution in [0.1, 0.15) is 12.5 Å². The van der Waals surface area contributed by atoms with Crippen LogP contribution in [0.5, 0.6) is 5.75 Å². The second-order valence-corrected chi connectivity index (χ2v) is 5.41. The zero-order chi connectivity index (χ0) is 12.2. The Morgan fingerprint density at radius 1 is 1.44 bits per heavy atom. The summed E-state index contributed by atoms with van der Waals surface area (Å²) in [5, 5.41) is 0. The van der Waals surface area contributed by atoms with Crippen LogP contribution in [0.3, 0.4) is 0 Å². The van der Waals surface area contributed by atoms with Crippen molar-refractivity contribution in [3.63, 3.8) is 0 Å². The van der Waals surface area contributed by atoms with Gasteiger partial charge in [-0.15, -0.1) is 0 Å². The first-order valence-electron chi connectivity index (χ1n) is 4.99. The molecule has 0 aliphatic rings. The third-order valence-electron chi connectivity index (χ3n) is 2.21. The Morgan fingerprint density at radius 2 is 2.12 bits per heavy atom. The Morgan fingerprint density at radius 3 is 2.69 bits per heavy atom. The van der Waals surface area contributed by atoms with E-state index >= 15 is 0 Å². The lowest BCUT2D eigenvalue weighted by atomic mass is 10.0. The summed E-state index contributed by atoms with van der Waals surface area (Å²) in [4.78, 5) is 0. The van der Waals surface area contributed by atoms with Gasteiger partial charge >= 0.3 is 0 Å². The van der Waals surface area contributed by atoms with Gasteiger partial charge in [-0.25, -0.2) is 0 Å². The minimum Gasteiger partial charge on any atom is -0.497 e. The zero-order valence-corrected chi connectivity index (χ0v) is 10.2. The first-order chi connectivity index (χ1) is 7.40. The van der Waals surface area contributed by atoms with Crippen molar-refractivity contribution in [3.05, 3.63) is 29.8 Å². The van der Waals surface area contributed by atoms with Crippen molar-refractivity contribution in [2.75, 3.05) is 12.9 Å². The molecule has 0 spiro atoms. The van der Waals surface area contributed by atoms with Crippen LogP contribution in [0.25, 0.3) is 0 Å². The molecule has 16 heavy (non-hydrogen) atoms. The molecule has 4 nitrogen and oxygen atoms in total. The lowest BCUT2D eigenvalue weighted by molar-refractivity contribution is 0.414. The fourth-order valence-corrected chi connectivity index (χ4v) is 2.46. The van der Waals surface area contributed by atoms with Crippen LogP contribution in [-0.2, 0) is 16.5 Å². The highest BCUT2D eigenvalue weighted by atomic mass is 32.2. The molecular weight excluding hydrogens is 228 g/mol. The molecule has 1 aromatic carbocycles. The second-order valence-electron chi connectivity index (χ2n) is 3.91. The largest absolute Gasteiger partial charge is 0.497 e. The van der Waals surface area contributed by atoms with E-state index in [4.69, 9.17) is 9.29 Å². The molecule has 0 aromatic heterocycles. The number of ether oxygens (including phenoxy) is 1. The van der Waals surface area contributed by atoms with Gasteiger partial charge in [0.1, 0.15) is 5.75 Å². The highest BCUT2D eigenvalue weighted by Crippen LogP contribution is 2.16. The Labute approximate surface area is 96.0 Å². The van der Waals surface area contributed by atoms with Gasteiger partial charge in [0.05, 0.1) is 12.9 Å². The smallest absolute Gasteiger partial charge is 0.265 e.